The molecule has 0 aliphatic heterocycles. The minimum atomic E-state index is -0.931. The summed E-state index contributed by atoms with van der Waals surface area (Å²) in [5, 5.41) is 19.2. The van der Waals surface area contributed by atoms with Gasteiger partial charge in [-0.3, -0.25) is 14.5 Å². The number of nitrogens with two attached hydrogens (primary N) is 1. The molecule has 0 bridgehead atoms. The van der Waals surface area contributed by atoms with Crippen molar-refractivity contribution >= 4 is 30.7 Å². The summed E-state index contributed by atoms with van der Waals surface area (Å²) in [5.41, 5.74) is 6.53. The summed E-state index contributed by atoms with van der Waals surface area (Å²) >= 11 is 0. The van der Waals surface area contributed by atoms with Gasteiger partial charge in [0.25, 0.3) is 5.91 Å². The van der Waals surface area contributed by atoms with Gasteiger partial charge in [0.15, 0.2) is 0 Å². The Balaban J connectivity index is 0.00000529. The number of primary amides is 1. The number of hydrogen-bond acceptors (Lipinski definition) is 5. The predicted octanol–water partition coefficient (Wildman–Crippen LogP) is -0.360. The van der Waals surface area contributed by atoms with Gasteiger partial charge in [-0.25, -0.2) is 0 Å². The number of aromatic hydroxyl groups is 1. The fourth-order valence-electron chi connectivity index (χ4n) is 2.43. The first-order valence-corrected chi connectivity index (χ1v) is 7.34. The van der Waals surface area contributed by atoms with E-state index in [4.69, 9.17) is 5.73 Å². The van der Waals surface area contributed by atoms with Crippen LogP contribution < -0.4 is 5.73 Å². The molecule has 7 nitrogen and oxygen atoms in total. The molecule has 8 heteroatoms. The molecular weight excluding hydrogens is 305 g/mol. The molecule has 4 N–H and O–H groups in total. The third-order valence-corrected chi connectivity index (χ3v) is 3.93. The Morgan fingerprint density at radius 2 is 1.79 bits per heavy atom. The maximum atomic E-state index is 11.6. The number of likely N-dealkylation sites (N-methyl/N-ethyl adjacent to an activating group) is 2. The zero-order valence-corrected chi connectivity index (χ0v) is 14.0. The van der Waals surface area contributed by atoms with Crippen LogP contribution >= 0.6 is 0 Å². The fraction of sp³-hybridized carbons (Fsp3) is 0.500. The number of rotatable bonds is 8. The Hall–Kier alpha value is -1.52. The molecule has 1 atom stereocenters. The van der Waals surface area contributed by atoms with Crippen molar-refractivity contribution in [2.45, 2.75) is 19.4 Å². The van der Waals surface area contributed by atoms with E-state index in [9.17, 15) is 19.8 Å². The van der Waals surface area contributed by atoms with Crippen molar-refractivity contribution in [3.05, 3.63) is 28.8 Å². The number of carboxylic acid groups (broad SMARTS) is 1. The van der Waals surface area contributed by atoms with Crippen molar-refractivity contribution in [3.63, 3.8) is 0 Å². The summed E-state index contributed by atoms with van der Waals surface area (Å²) in [6, 6.07) is 2.28. The Morgan fingerprint density at radius 3 is 2.25 bits per heavy atom. The van der Waals surface area contributed by atoms with Gasteiger partial charge in [-0.1, -0.05) is 6.07 Å². The van der Waals surface area contributed by atoms with Gasteiger partial charge in [0.1, 0.15) is 11.8 Å². The van der Waals surface area contributed by atoms with E-state index in [-0.39, 0.29) is 36.6 Å². The van der Waals surface area contributed by atoms with Crippen LogP contribution in [-0.4, -0.2) is 91.0 Å². The average molecular weight is 331 g/mol. The first-order chi connectivity index (χ1) is 10.6. The standard InChI is InChI=1S/C16H25N3O4.Li.H/c1-10-11(5-6-13(20)14(10)15(17)21)9-12(16(22)23)19(4)8-7-18(2)3;;/h5-6,12,20H,7-9H2,1-4H3,(H2,17,21)(H,22,23);;. The first-order valence-electron chi connectivity index (χ1n) is 7.34. The number of benzene rings is 1. The van der Waals surface area contributed by atoms with Crippen LogP contribution in [0.3, 0.4) is 0 Å². The molecule has 0 heterocycles. The third-order valence-electron chi connectivity index (χ3n) is 3.93. The average Bonchev–Trinajstić information content (AvgIpc) is 2.43. The summed E-state index contributed by atoms with van der Waals surface area (Å²) in [7, 11) is 5.60. The molecule has 0 spiro atoms. The van der Waals surface area contributed by atoms with E-state index in [1.807, 2.05) is 19.0 Å². The number of nitrogens with zero attached hydrogens (tertiary/aromatic N) is 2. The molecule has 0 aromatic heterocycles. The van der Waals surface area contributed by atoms with Gasteiger partial charge in [-0.2, -0.15) is 0 Å². The monoisotopic (exact) mass is 331 g/mol. The molecule has 1 rings (SSSR count). The van der Waals surface area contributed by atoms with Crippen LogP contribution in [0.2, 0.25) is 0 Å². The second kappa shape index (κ2) is 9.70. The number of amides is 1. The van der Waals surface area contributed by atoms with E-state index in [0.717, 1.165) is 6.54 Å². The molecule has 0 aliphatic rings. The van der Waals surface area contributed by atoms with Crippen molar-refractivity contribution in [1.29, 1.82) is 0 Å². The molecule has 0 fully saturated rings. The van der Waals surface area contributed by atoms with Gasteiger partial charge < -0.3 is 20.8 Å². The Kier molecular flexibility index (Phi) is 9.08. The molecular formula is C16H26LiN3O4. The SMILES string of the molecule is Cc1c(CC(C(=O)O)N(C)CCN(C)C)ccc(O)c1C(N)=O.[LiH]. The summed E-state index contributed by atoms with van der Waals surface area (Å²) in [5.74, 6) is -1.85. The molecule has 1 aromatic carbocycles. The van der Waals surface area contributed by atoms with Crippen LogP contribution in [0, 0.1) is 6.92 Å². The summed E-state index contributed by atoms with van der Waals surface area (Å²) in [4.78, 5) is 26.8. The van der Waals surface area contributed by atoms with Crippen LogP contribution in [0.4, 0.5) is 0 Å². The van der Waals surface area contributed by atoms with Crippen LogP contribution in [0.1, 0.15) is 21.5 Å². The molecule has 0 radical (unpaired) electrons. The normalized spacial score (nSPS) is 12.1. The number of carbonyl (C=O) groups is 2. The summed E-state index contributed by atoms with van der Waals surface area (Å²) < 4.78 is 0. The van der Waals surface area contributed by atoms with E-state index in [0.29, 0.717) is 17.7 Å². The second-order valence-corrected chi connectivity index (χ2v) is 5.95. The summed E-state index contributed by atoms with van der Waals surface area (Å²) in [6.07, 6.45) is 0.228. The van der Waals surface area contributed by atoms with Gasteiger partial charge in [0.05, 0.1) is 5.56 Å². The molecule has 1 unspecified atom stereocenters. The topological polar surface area (TPSA) is 107 Å². The van der Waals surface area contributed by atoms with E-state index < -0.39 is 17.9 Å². The maximum absolute atomic E-state index is 11.6. The molecule has 130 valence electrons. The van der Waals surface area contributed by atoms with Gasteiger partial charge in [0.2, 0.25) is 0 Å². The number of carboxylic acids is 1. The number of phenols is 1. The molecule has 1 amide bonds. The molecule has 1 aromatic rings. The van der Waals surface area contributed by atoms with Gasteiger partial charge >= 0.3 is 24.8 Å². The van der Waals surface area contributed by atoms with Crippen molar-refractivity contribution < 1.29 is 19.8 Å². The number of aliphatic carboxylic acids is 1. The minimum absolute atomic E-state index is 0. The van der Waals surface area contributed by atoms with Crippen molar-refractivity contribution in [2.75, 3.05) is 34.2 Å². The van der Waals surface area contributed by atoms with Crippen LogP contribution in [0.15, 0.2) is 12.1 Å². The molecule has 0 aliphatic carbocycles. The Labute approximate surface area is 154 Å². The first kappa shape index (κ1) is 22.5. The quantitative estimate of drug-likeness (QED) is 0.562. The van der Waals surface area contributed by atoms with Crippen molar-refractivity contribution in [1.82, 2.24) is 9.80 Å². The van der Waals surface area contributed by atoms with E-state index in [1.165, 1.54) is 6.07 Å². The Bertz CT molecular complexity index is 593. The van der Waals surface area contributed by atoms with E-state index >= 15 is 0 Å². The van der Waals surface area contributed by atoms with E-state index in [1.54, 1.807) is 24.9 Å². The number of hydrogen-bond donors (Lipinski definition) is 3. The van der Waals surface area contributed by atoms with Crippen molar-refractivity contribution in [3.8, 4) is 5.75 Å². The van der Waals surface area contributed by atoms with Gasteiger partial charge in [0, 0.05) is 13.1 Å². The fourth-order valence-corrected chi connectivity index (χ4v) is 2.43. The van der Waals surface area contributed by atoms with Crippen LogP contribution in [-0.2, 0) is 11.2 Å². The molecule has 0 saturated carbocycles. The van der Waals surface area contributed by atoms with Gasteiger partial charge in [-0.15, -0.1) is 0 Å². The van der Waals surface area contributed by atoms with Crippen LogP contribution in [0.25, 0.3) is 0 Å². The van der Waals surface area contributed by atoms with Crippen molar-refractivity contribution in [2.24, 2.45) is 5.73 Å². The third kappa shape index (κ3) is 5.84. The molecule has 24 heavy (non-hydrogen) atoms. The van der Waals surface area contributed by atoms with Gasteiger partial charge in [-0.05, 0) is 51.7 Å². The number of carbonyl (C=O) groups excluding carboxylic acids is 1. The second-order valence-electron chi connectivity index (χ2n) is 5.95. The molecule has 0 saturated heterocycles. The zero-order valence-electron chi connectivity index (χ0n) is 14.0. The van der Waals surface area contributed by atoms with E-state index in [2.05, 4.69) is 0 Å². The Morgan fingerprint density at radius 1 is 1.21 bits per heavy atom. The zero-order chi connectivity index (χ0) is 17.7. The van der Waals surface area contributed by atoms with Crippen LogP contribution in [0.5, 0.6) is 5.75 Å². The summed E-state index contributed by atoms with van der Waals surface area (Å²) in [6.45, 7) is 3.00. The predicted molar refractivity (Wildman–Crippen MR) is 94.8 cm³/mol.